The van der Waals surface area contributed by atoms with Crippen LogP contribution in [0.1, 0.15) is 54.7 Å². The minimum absolute atomic E-state index is 0.0555. The first kappa shape index (κ1) is 15.8. The van der Waals surface area contributed by atoms with Gasteiger partial charge in [-0.3, -0.25) is 9.69 Å². The van der Waals surface area contributed by atoms with E-state index in [-0.39, 0.29) is 11.9 Å². The maximum Gasteiger partial charge on any atom is 0.217 e. The lowest BCUT2D eigenvalue weighted by molar-refractivity contribution is -0.119. The molecule has 0 bridgehead atoms. The summed E-state index contributed by atoms with van der Waals surface area (Å²) in [4.78, 5) is 17.8. The SMILES string of the molecule is CC(=O)NCc1ccc(C2CCCN2Cc2nc(C)c(C)o2)o1. The van der Waals surface area contributed by atoms with Gasteiger partial charge in [-0.2, -0.15) is 0 Å². The summed E-state index contributed by atoms with van der Waals surface area (Å²) in [6.45, 7) is 7.54. The van der Waals surface area contributed by atoms with Crippen molar-refractivity contribution in [2.75, 3.05) is 6.54 Å². The fraction of sp³-hybridized carbons (Fsp3) is 0.529. The van der Waals surface area contributed by atoms with Gasteiger partial charge in [-0.1, -0.05) is 0 Å². The van der Waals surface area contributed by atoms with Crippen molar-refractivity contribution in [3.8, 4) is 0 Å². The average molecular weight is 317 g/mol. The molecule has 1 atom stereocenters. The molecular weight excluding hydrogens is 294 g/mol. The molecule has 1 unspecified atom stereocenters. The molecule has 0 radical (unpaired) electrons. The summed E-state index contributed by atoms with van der Waals surface area (Å²) in [6, 6.07) is 4.18. The van der Waals surface area contributed by atoms with Gasteiger partial charge >= 0.3 is 0 Å². The van der Waals surface area contributed by atoms with E-state index >= 15 is 0 Å². The number of carbonyl (C=O) groups excluding carboxylic acids is 1. The van der Waals surface area contributed by atoms with E-state index in [9.17, 15) is 4.79 Å². The Labute approximate surface area is 135 Å². The van der Waals surface area contributed by atoms with Gasteiger partial charge in [0.1, 0.15) is 17.3 Å². The second-order valence-corrected chi connectivity index (χ2v) is 6.09. The molecule has 1 aliphatic rings. The Morgan fingerprint density at radius 3 is 2.91 bits per heavy atom. The number of rotatable bonds is 5. The first-order valence-electron chi connectivity index (χ1n) is 8.03. The van der Waals surface area contributed by atoms with Crippen LogP contribution in [0.3, 0.4) is 0 Å². The summed E-state index contributed by atoms with van der Waals surface area (Å²) >= 11 is 0. The molecular formula is C17H23N3O3. The second-order valence-electron chi connectivity index (χ2n) is 6.09. The summed E-state index contributed by atoms with van der Waals surface area (Å²) in [6.07, 6.45) is 2.19. The number of nitrogens with zero attached hydrogens (tertiary/aromatic N) is 2. The minimum Gasteiger partial charge on any atom is -0.463 e. The zero-order chi connectivity index (χ0) is 16.4. The largest absolute Gasteiger partial charge is 0.463 e. The van der Waals surface area contributed by atoms with Crippen LogP contribution < -0.4 is 5.32 Å². The van der Waals surface area contributed by atoms with Crippen LogP contribution in [0.15, 0.2) is 21.0 Å². The Balaban J connectivity index is 1.67. The molecule has 1 aliphatic heterocycles. The van der Waals surface area contributed by atoms with Gasteiger partial charge in [0.2, 0.25) is 11.8 Å². The minimum atomic E-state index is -0.0555. The molecule has 6 nitrogen and oxygen atoms in total. The summed E-state index contributed by atoms with van der Waals surface area (Å²) in [5, 5.41) is 2.75. The average Bonchev–Trinajstić information content (AvgIpc) is 3.18. The van der Waals surface area contributed by atoms with Crippen molar-refractivity contribution in [3.05, 3.63) is 41.0 Å². The second kappa shape index (κ2) is 6.58. The van der Waals surface area contributed by atoms with Crippen molar-refractivity contribution in [3.63, 3.8) is 0 Å². The van der Waals surface area contributed by atoms with Crippen LogP contribution in [-0.2, 0) is 17.9 Å². The molecule has 1 saturated heterocycles. The third-order valence-electron chi connectivity index (χ3n) is 4.30. The lowest BCUT2D eigenvalue weighted by Crippen LogP contribution is -2.22. The number of nitrogens with one attached hydrogen (secondary N) is 1. The van der Waals surface area contributed by atoms with E-state index in [1.165, 1.54) is 6.92 Å². The van der Waals surface area contributed by atoms with Crippen molar-refractivity contribution >= 4 is 5.91 Å². The molecule has 2 aromatic heterocycles. The van der Waals surface area contributed by atoms with E-state index in [0.29, 0.717) is 13.1 Å². The van der Waals surface area contributed by atoms with E-state index in [1.807, 2.05) is 26.0 Å². The van der Waals surface area contributed by atoms with Crippen LogP contribution in [0.2, 0.25) is 0 Å². The smallest absolute Gasteiger partial charge is 0.217 e. The number of aromatic nitrogens is 1. The van der Waals surface area contributed by atoms with Crippen LogP contribution >= 0.6 is 0 Å². The Morgan fingerprint density at radius 2 is 2.22 bits per heavy atom. The lowest BCUT2D eigenvalue weighted by atomic mass is 10.1. The predicted octanol–water partition coefficient (Wildman–Crippen LogP) is 2.86. The zero-order valence-corrected chi connectivity index (χ0v) is 13.9. The van der Waals surface area contributed by atoms with Crippen LogP contribution in [0, 0.1) is 13.8 Å². The van der Waals surface area contributed by atoms with Crippen LogP contribution in [-0.4, -0.2) is 22.3 Å². The van der Waals surface area contributed by atoms with Crippen LogP contribution in [0.5, 0.6) is 0 Å². The number of likely N-dealkylation sites (tertiary alicyclic amines) is 1. The first-order chi connectivity index (χ1) is 11.0. The molecule has 6 heteroatoms. The van der Waals surface area contributed by atoms with Crippen molar-refractivity contribution in [1.29, 1.82) is 0 Å². The maximum absolute atomic E-state index is 11.0. The zero-order valence-electron chi connectivity index (χ0n) is 13.9. The van der Waals surface area contributed by atoms with Gasteiger partial charge in [0.25, 0.3) is 0 Å². The normalized spacial score (nSPS) is 18.5. The molecule has 0 aromatic carbocycles. The predicted molar refractivity (Wildman–Crippen MR) is 84.6 cm³/mol. The lowest BCUT2D eigenvalue weighted by Gasteiger charge is -2.21. The molecule has 0 aliphatic carbocycles. The molecule has 1 fully saturated rings. The first-order valence-corrected chi connectivity index (χ1v) is 8.03. The van der Waals surface area contributed by atoms with E-state index in [0.717, 1.165) is 48.3 Å². The van der Waals surface area contributed by atoms with Gasteiger partial charge in [-0.25, -0.2) is 4.98 Å². The Morgan fingerprint density at radius 1 is 1.39 bits per heavy atom. The van der Waals surface area contributed by atoms with E-state index in [1.54, 1.807) is 0 Å². The molecule has 0 saturated carbocycles. The van der Waals surface area contributed by atoms with Gasteiger partial charge < -0.3 is 14.2 Å². The standard InChI is InChI=1S/C17H23N3O3/c1-11-12(2)22-17(19-11)10-20-8-4-5-15(20)16-7-6-14(23-16)9-18-13(3)21/h6-7,15H,4-5,8-10H2,1-3H3,(H,18,21). The van der Waals surface area contributed by atoms with Crippen molar-refractivity contribution in [2.24, 2.45) is 0 Å². The Hall–Kier alpha value is -2.08. The number of amides is 1. The van der Waals surface area contributed by atoms with E-state index < -0.39 is 0 Å². The number of aryl methyl sites for hydroxylation is 2. The highest BCUT2D eigenvalue weighted by Crippen LogP contribution is 2.34. The van der Waals surface area contributed by atoms with Gasteiger partial charge in [0.05, 0.1) is 24.8 Å². The van der Waals surface area contributed by atoms with Crippen LogP contribution in [0.4, 0.5) is 0 Å². The fourth-order valence-electron chi connectivity index (χ4n) is 3.00. The van der Waals surface area contributed by atoms with Gasteiger partial charge in [-0.05, 0) is 45.4 Å². The summed E-state index contributed by atoms with van der Waals surface area (Å²) < 4.78 is 11.6. The topological polar surface area (TPSA) is 71.5 Å². The molecule has 1 amide bonds. The number of furan rings is 1. The number of carbonyl (C=O) groups is 1. The molecule has 0 spiro atoms. The van der Waals surface area contributed by atoms with E-state index in [4.69, 9.17) is 8.83 Å². The highest BCUT2D eigenvalue weighted by Gasteiger charge is 2.29. The Kier molecular flexibility index (Phi) is 4.52. The van der Waals surface area contributed by atoms with Gasteiger partial charge in [-0.15, -0.1) is 0 Å². The fourth-order valence-corrected chi connectivity index (χ4v) is 3.00. The van der Waals surface area contributed by atoms with Crippen molar-refractivity contribution < 1.29 is 13.6 Å². The molecule has 23 heavy (non-hydrogen) atoms. The summed E-state index contributed by atoms with van der Waals surface area (Å²) in [7, 11) is 0. The Bertz CT molecular complexity index is 670. The number of hydrogen-bond donors (Lipinski definition) is 1. The van der Waals surface area contributed by atoms with Crippen molar-refractivity contribution in [1.82, 2.24) is 15.2 Å². The van der Waals surface area contributed by atoms with E-state index in [2.05, 4.69) is 15.2 Å². The van der Waals surface area contributed by atoms with Gasteiger partial charge in [0.15, 0.2) is 0 Å². The molecule has 3 rings (SSSR count). The monoisotopic (exact) mass is 317 g/mol. The maximum atomic E-state index is 11.0. The quantitative estimate of drug-likeness (QED) is 0.918. The third-order valence-corrected chi connectivity index (χ3v) is 4.30. The summed E-state index contributed by atoms with van der Waals surface area (Å²) in [5.74, 6) is 3.32. The number of hydrogen-bond acceptors (Lipinski definition) is 5. The third kappa shape index (κ3) is 3.64. The highest BCUT2D eigenvalue weighted by atomic mass is 16.4. The molecule has 1 N–H and O–H groups in total. The molecule has 3 heterocycles. The summed E-state index contributed by atoms with van der Waals surface area (Å²) in [5.41, 5.74) is 0.950. The van der Waals surface area contributed by atoms with Crippen molar-refractivity contribution in [2.45, 2.75) is 52.7 Å². The van der Waals surface area contributed by atoms with Gasteiger partial charge in [0, 0.05) is 6.92 Å². The number of oxazole rings is 1. The highest BCUT2D eigenvalue weighted by molar-refractivity contribution is 5.72. The van der Waals surface area contributed by atoms with Crippen LogP contribution in [0.25, 0.3) is 0 Å². The molecule has 2 aromatic rings. The molecule has 124 valence electrons.